The molecule has 3 aromatic rings. The summed E-state index contributed by atoms with van der Waals surface area (Å²) in [4.78, 5) is 34.3. The van der Waals surface area contributed by atoms with Gasteiger partial charge in [0.05, 0.1) is 10.6 Å². The number of sulfonamides is 1. The number of aromatic nitrogens is 2. The molecule has 9 nitrogen and oxygen atoms in total. The van der Waals surface area contributed by atoms with Crippen molar-refractivity contribution in [2.24, 2.45) is 0 Å². The molecule has 1 aliphatic heterocycles. The van der Waals surface area contributed by atoms with E-state index in [2.05, 4.69) is 20.0 Å². The van der Waals surface area contributed by atoms with Crippen LogP contribution in [-0.4, -0.2) is 30.2 Å². The number of hydrogen-bond donors (Lipinski definition) is 2. The number of anilines is 3. The zero-order valence-electron chi connectivity index (χ0n) is 17.5. The number of amides is 2. The van der Waals surface area contributed by atoms with Gasteiger partial charge >= 0.3 is 0 Å². The van der Waals surface area contributed by atoms with Gasteiger partial charge in [-0.05, 0) is 56.3 Å². The molecule has 0 saturated heterocycles. The number of nitrogens with zero attached hydrogens (tertiary/aromatic N) is 3. The highest BCUT2D eigenvalue weighted by Gasteiger charge is 2.38. The molecular formula is C22H18ClN5O4S. The number of carbonyl (C=O) groups is 2. The van der Waals surface area contributed by atoms with Gasteiger partial charge in [-0.3, -0.25) is 9.59 Å². The van der Waals surface area contributed by atoms with Crippen LogP contribution in [0.15, 0.2) is 76.4 Å². The van der Waals surface area contributed by atoms with Crippen molar-refractivity contribution in [3.05, 3.63) is 82.8 Å². The lowest BCUT2D eigenvalue weighted by Crippen LogP contribution is -2.32. The number of carbonyl (C=O) groups excluding carboxylic acids is 2. The zero-order chi connectivity index (χ0) is 23.8. The second kappa shape index (κ2) is 8.64. The van der Waals surface area contributed by atoms with Crippen molar-refractivity contribution in [3.8, 4) is 0 Å². The smallest absolute Gasteiger partial charge is 0.283 e. The molecule has 33 heavy (non-hydrogen) atoms. The maximum Gasteiger partial charge on any atom is 0.283 e. The van der Waals surface area contributed by atoms with Crippen LogP contribution in [0.1, 0.15) is 11.3 Å². The van der Waals surface area contributed by atoms with E-state index in [1.807, 2.05) is 6.92 Å². The molecule has 1 aromatic heterocycles. The molecular weight excluding hydrogens is 466 g/mol. The first-order chi connectivity index (χ1) is 15.7. The summed E-state index contributed by atoms with van der Waals surface area (Å²) in [6, 6.07) is 14.1. The van der Waals surface area contributed by atoms with Crippen molar-refractivity contribution < 1.29 is 18.0 Å². The second-order valence-electron chi connectivity index (χ2n) is 7.25. The van der Waals surface area contributed by atoms with Gasteiger partial charge in [0.15, 0.2) is 0 Å². The van der Waals surface area contributed by atoms with E-state index in [1.54, 1.807) is 37.3 Å². The van der Waals surface area contributed by atoms with E-state index in [4.69, 9.17) is 11.6 Å². The van der Waals surface area contributed by atoms with Crippen LogP contribution in [0.25, 0.3) is 0 Å². The molecule has 4 rings (SSSR count). The highest BCUT2D eigenvalue weighted by atomic mass is 35.5. The van der Waals surface area contributed by atoms with E-state index in [1.165, 1.54) is 30.5 Å². The van der Waals surface area contributed by atoms with Gasteiger partial charge in [0.1, 0.15) is 10.7 Å². The van der Waals surface area contributed by atoms with Gasteiger partial charge in [-0.15, -0.1) is 0 Å². The minimum Gasteiger partial charge on any atom is -0.350 e. The molecule has 0 radical (unpaired) electrons. The lowest BCUT2D eigenvalue weighted by atomic mass is 10.2. The molecule has 168 valence electrons. The first-order valence-electron chi connectivity index (χ1n) is 9.70. The van der Waals surface area contributed by atoms with Crippen molar-refractivity contribution in [2.45, 2.75) is 18.7 Å². The van der Waals surface area contributed by atoms with Crippen LogP contribution in [-0.2, 0) is 19.6 Å². The molecule has 0 fully saturated rings. The summed E-state index contributed by atoms with van der Waals surface area (Å²) in [5.74, 6) is -1.29. The summed E-state index contributed by atoms with van der Waals surface area (Å²) in [5, 5.41) is 2.56. The van der Waals surface area contributed by atoms with Crippen molar-refractivity contribution >= 4 is 50.8 Å². The lowest BCUT2D eigenvalue weighted by Gasteiger charge is -2.15. The van der Waals surface area contributed by atoms with E-state index >= 15 is 0 Å². The summed E-state index contributed by atoms with van der Waals surface area (Å²) in [7, 11) is -3.92. The average molecular weight is 484 g/mol. The highest BCUT2D eigenvalue weighted by molar-refractivity contribution is 7.92. The Hall–Kier alpha value is -3.76. The largest absolute Gasteiger partial charge is 0.350 e. The Bertz CT molecular complexity index is 1390. The fourth-order valence-corrected chi connectivity index (χ4v) is 4.24. The first kappa shape index (κ1) is 22.4. The molecule has 0 atom stereocenters. The standard InChI is InChI=1S/C22H18ClN5O4S/c1-13-3-7-16(8-4-13)28-20(29)18(23)19(21(28)30)26-15-5-9-17(10-6-15)33(31,32)27-22-24-12-11-14(2)25-22/h3-12,26H,1-2H3,(H,24,25,27). The fourth-order valence-electron chi connectivity index (χ4n) is 3.08. The molecule has 0 aliphatic carbocycles. The van der Waals surface area contributed by atoms with E-state index in [-0.39, 0.29) is 21.6 Å². The first-order valence-corrected chi connectivity index (χ1v) is 11.6. The summed E-state index contributed by atoms with van der Waals surface area (Å²) in [6.45, 7) is 3.61. The van der Waals surface area contributed by atoms with Crippen LogP contribution in [0.5, 0.6) is 0 Å². The maximum atomic E-state index is 12.9. The molecule has 0 unspecified atom stereocenters. The van der Waals surface area contributed by atoms with Crippen molar-refractivity contribution in [2.75, 3.05) is 14.9 Å². The van der Waals surface area contributed by atoms with Gasteiger partial charge in [0, 0.05) is 17.6 Å². The van der Waals surface area contributed by atoms with E-state index in [0.717, 1.165) is 10.5 Å². The Morgan fingerprint density at radius 3 is 2.21 bits per heavy atom. The molecule has 2 N–H and O–H groups in total. The molecule has 2 amide bonds. The minimum absolute atomic E-state index is 0.0339. The second-order valence-corrected chi connectivity index (χ2v) is 9.31. The summed E-state index contributed by atoms with van der Waals surface area (Å²) in [6.07, 6.45) is 1.45. The fraction of sp³-hybridized carbons (Fsp3) is 0.0909. The highest BCUT2D eigenvalue weighted by Crippen LogP contribution is 2.30. The third kappa shape index (κ3) is 4.57. The molecule has 2 aromatic carbocycles. The van der Waals surface area contributed by atoms with E-state index in [0.29, 0.717) is 17.1 Å². The SMILES string of the molecule is Cc1ccc(N2C(=O)C(Cl)=C(Nc3ccc(S(=O)(=O)Nc4nccc(C)n4)cc3)C2=O)cc1. The third-order valence-corrected chi connectivity index (χ3v) is 6.47. The maximum absolute atomic E-state index is 12.9. The summed E-state index contributed by atoms with van der Waals surface area (Å²) in [5.41, 5.74) is 2.28. The van der Waals surface area contributed by atoms with Gasteiger partial charge in [-0.25, -0.2) is 28.0 Å². The van der Waals surface area contributed by atoms with Crippen LogP contribution in [0.3, 0.4) is 0 Å². The summed E-state index contributed by atoms with van der Waals surface area (Å²) >= 11 is 6.14. The Morgan fingerprint density at radius 2 is 1.58 bits per heavy atom. The minimum atomic E-state index is -3.92. The molecule has 11 heteroatoms. The Balaban J connectivity index is 1.52. The zero-order valence-corrected chi connectivity index (χ0v) is 19.1. The van der Waals surface area contributed by atoms with Crippen molar-refractivity contribution in [1.29, 1.82) is 0 Å². The van der Waals surface area contributed by atoms with Gasteiger partial charge in [0.25, 0.3) is 21.8 Å². The predicted octanol–water partition coefficient (Wildman–Crippen LogP) is 3.33. The van der Waals surface area contributed by atoms with E-state index in [9.17, 15) is 18.0 Å². The quantitative estimate of drug-likeness (QED) is 0.516. The average Bonchev–Trinajstić information content (AvgIpc) is 2.98. The number of nitrogens with one attached hydrogen (secondary N) is 2. The third-order valence-electron chi connectivity index (χ3n) is 4.77. The Labute approximate surface area is 195 Å². The number of hydrogen-bond acceptors (Lipinski definition) is 7. The van der Waals surface area contributed by atoms with Crippen molar-refractivity contribution in [1.82, 2.24) is 9.97 Å². The van der Waals surface area contributed by atoms with Gasteiger partial charge < -0.3 is 5.32 Å². The van der Waals surface area contributed by atoms with Gasteiger partial charge in [0.2, 0.25) is 5.95 Å². The van der Waals surface area contributed by atoms with Crippen molar-refractivity contribution in [3.63, 3.8) is 0 Å². The van der Waals surface area contributed by atoms with Crippen LogP contribution >= 0.6 is 11.6 Å². The number of imide groups is 1. The molecule has 2 heterocycles. The number of benzene rings is 2. The monoisotopic (exact) mass is 483 g/mol. The van der Waals surface area contributed by atoms with Crippen LogP contribution < -0.4 is 14.9 Å². The number of halogens is 1. The molecule has 0 saturated carbocycles. The van der Waals surface area contributed by atoms with Gasteiger partial charge in [-0.2, -0.15) is 0 Å². The molecule has 0 bridgehead atoms. The van der Waals surface area contributed by atoms with Crippen LogP contribution in [0.4, 0.5) is 17.3 Å². The summed E-state index contributed by atoms with van der Waals surface area (Å²) < 4.78 is 27.5. The van der Waals surface area contributed by atoms with E-state index < -0.39 is 21.8 Å². The number of aryl methyl sites for hydroxylation is 2. The van der Waals surface area contributed by atoms with Crippen LogP contribution in [0, 0.1) is 13.8 Å². The Kier molecular flexibility index (Phi) is 5.88. The molecule has 0 spiro atoms. The topological polar surface area (TPSA) is 121 Å². The normalized spacial score (nSPS) is 14.1. The number of rotatable bonds is 6. The van der Waals surface area contributed by atoms with Crippen LogP contribution in [0.2, 0.25) is 0 Å². The Morgan fingerprint density at radius 1 is 0.909 bits per heavy atom. The molecule has 1 aliphatic rings. The lowest BCUT2D eigenvalue weighted by molar-refractivity contribution is -0.120. The predicted molar refractivity (Wildman–Crippen MR) is 124 cm³/mol. The van der Waals surface area contributed by atoms with Gasteiger partial charge in [-0.1, -0.05) is 29.3 Å².